The number of amides is 2. The summed E-state index contributed by atoms with van der Waals surface area (Å²) in [4.78, 5) is 24.9. The van der Waals surface area contributed by atoms with Crippen LogP contribution in [0.1, 0.15) is 18.4 Å². The lowest BCUT2D eigenvalue weighted by molar-refractivity contribution is -0.118. The van der Waals surface area contributed by atoms with Crippen LogP contribution >= 0.6 is 11.8 Å². The molecule has 2 amide bonds. The Morgan fingerprint density at radius 3 is 2.66 bits per heavy atom. The molecular formula is C22H19N5O4S. The maximum atomic E-state index is 12.7. The van der Waals surface area contributed by atoms with Gasteiger partial charge in [-0.2, -0.15) is 5.10 Å². The molecule has 0 saturated carbocycles. The van der Waals surface area contributed by atoms with Crippen molar-refractivity contribution in [3.05, 3.63) is 59.5 Å². The zero-order valence-corrected chi connectivity index (χ0v) is 17.7. The normalized spacial score (nSPS) is 17.6. The van der Waals surface area contributed by atoms with Gasteiger partial charge in [0.2, 0.25) is 5.91 Å². The molecule has 0 bridgehead atoms. The Labute approximate surface area is 188 Å². The number of thioether (sulfide) groups is 1. The van der Waals surface area contributed by atoms with Gasteiger partial charge in [0.1, 0.15) is 18.9 Å². The minimum Gasteiger partial charge on any atom is -0.486 e. The first-order chi connectivity index (χ1) is 15.7. The van der Waals surface area contributed by atoms with Gasteiger partial charge in [-0.05, 0) is 30.3 Å². The van der Waals surface area contributed by atoms with Crippen LogP contribution < -0.4 is 25.2 Å². The molecule has 162 valence electrons. The number of anilines is 1. The monoisotopic (exact) mass is 449 g/mol. The number of rotatable bonds is 3. The summed E-state index contributed by atoms with van der Waals surface area (Å²) in [5, 5.41) is 14.8. The molecule has 2 aromatic carbocycles. The van der Waals surface area contributed by atoms with Gasteiger partial charge >= 0.3 is 0 Å². The second kappa shape index (κ2) is 8.75. The number of para-hydroxylation sites is 1. The van der Waals surface area contributed by atoms with Crippen LogP contribution in [0.5, 0.6) is 11.5 Å². The van der Waals surface area contributed by atoms with E-state index in [-0.39, 0.29) is 30.4 Å². The van der Waals surface area contributed by atoms with Crippen molar-refractivity contribution in [1.29, 1.82) is 0 Å². The van der Waals surface area contributed by atoms with Gasteiger partial charge in [-0.15, -0.1) is 5.10 Å². The number of benzene rings is 2. The van der Waals surface area contributed by atoms with Crippen LogP contribution in [0.15, 0.2) is 64.1 Å². The van der Waals surface area contributed by atoms with Gasteiger partial charge in [-0.1, -0.05) is 30.0 Å². The van der Waals surface area contributed by atoms with Crippen molar-refractivity contribution in [2.45, 2.75) is 12.8 Å². The molecular weight excluding hydrogens is 430 g/mol. The lowest BCUT2D eigenvalue weighted by atomic mass is 10.1. The number of nitrogens with one attached hydrogen (secondary N) is 2. The molecule has 3 heterocycles. The molecule has 2 aromatic rings. The SMILES string of the molecule is O=C(NC1=NNC(c2ccc3c(c2)OCCO3)=CS1)C1=NN(c2ccccc2)C(=O)CC1. The molecule has 2 N–H and O–H groups in total. The van der Waals surface area contributed by atoms with Crippen molar-refractivity contribution >= 4 is 45.8 Å². The summed E-state index contributed by atoms with van der Waals surface area (Å²) in [6.45, 7) is 1.06. The van der Waals surface area contributed by atoms with Gasteiger partial charge in [-0.3, -0.25) is 20.3 Å². The van der Waals surface area contributed by atoms with Gasteiger partial charge < -0.3 is 9.47 Å². The summed E-state index contributed by atoms with van der Waals surface area (Å²) >= 11 is 1.28. The maximum absolute atomic E-state index is 12.7. The van der Waals surface area contributed by atoms with E-state index in [4.69, 9.17) is 9.47 Å². The molecule has 3 aliphatic rings. The van der Waals surface area contributed by atoms with E-state index >= 15 is 0 Å². The molecule has 0 aliphatic carbocycles. The van der Waals surface area contributed by atoms with E-state index in [1.807, 2.05) is 41.8 Å². The maximum Gasteiger partial charge on any atom is 0.273 e. The largest absolute Gasteiger partial charge is 0.486 e. The van der Waals surface area contributed by atoms with Crippen molar-refractivity contribution in [1.82, 2.24) is 10.7 Å². The van der Waals surface area contributed by atoms with Gasteiger partial charge in [0.15, 0.2) is 16.7 Å². The molecule has 0 aromatic heterocycles. The number of hydrogen-bond acceptors (Lipinski definition) is 8. The van der Waals surface area contributed by atoms with E-state index in [1.54, 1.807) is 12.1 Å². The predicted molar refractivity (Wildman–Crippen MR) is 122 cm³/mol. The summed E-state index contributed by atoms with van der Waals surface area (Å²) in [5.74, 6) is 0.877. The fourth-order valence-corrected chi connectivity index (χ4v) is 4.00. The molecule has 0 radical (unpaired) electrons. The van der Waals surface area contributed by atoms with Crippen LogP contribution in [-0.2, 0) is 9.59 Å². The molecule has 3 aliphatic heterocycles. The zero-order valence-electron chi connectivity index (χ0n) is 16.9. The highest BCUT2D eigenvalue weighted by Gasteiger charge is 2.26. The summed E-state index contributed by atoms with van der Waals surface area (Å²) in [6, 6.07) is 14.7. The Hall–Kier alpha value is -3.79. The molecule has 9 nitrogen and oxygen atoms in total. The Balaban J connectivity index is 1.24. The number of amidine groups is 1. The third-order valence-electron chi connectivity index (χ3n) is 4.94. The van der Waals surface area contributed by atoms with E-state index in [0.717, 1.165) is 17.0 Å². The van der Waals surface area contributed by atoms with Crippen LogP contribution in [0, 0.1) is 0 Å². The predicted octanol–water partition coefficient (Wildman–Crippen LogP) is 2.66. The lowest BCUT2D eigenvalue weighted by Crippen LogP contribution is -2.41. The van der Waals surface area contributed by atoms with Crippen molar-refractivity contribution < 1.29 is 19.1 Å². The van der Waals surface area contributed by atoms with Crippen molar-refractivity contribution in [3.8, 4) is 11.5 Å². The molecule has 0 atom stereocenters. The third-order valence-corrected chi connectivity index (χ3v) is 5.71. The summed E-state index contributed by atoms with van der Waals surface area (Å²) in [6.07, 6.45) is 0.491. The van der Waals surface area contributed by atoms with Crippen molar-refractivity contribution in [3.63, 3.8) is 0 Å². The van der Waals surface area contributed by atoms with E-state index in [0.29, 0.717) is 29.8 Å². The quantitative estimate of drug-likeness (QED) is 0.747. The Morgan fingerprint density at radius 2 is 1.88 bits per heavy atom. The highest BCUT2D eigenvalue weighted by Crippen LogP contribution is 2.33. The molecule has 0 fully saturated rings. The summed E-state index contributed by atoms with van der Waals surface area (Å²) < 4.78 is 11.2. The van der Waals surface area contributed by atoms with Crippen molar-refractivity contribution in [2.75, 3.05) is 18.2 Å². The number of carbonyl (C=O) groups excluding carboxylic acids is 2. The van der Waals surface area contributed by atoms with E-state index in [1.165, 1.54) is 16.8 Å². The van der Waals surface area contributed by atoms with E-state index in [9.17, 15) is 9.59 Å². The van der Waals surface area contributed by atoms with Gasteiger partial charge in [0.05, 0.1) is 11.4 Å². The fourth-order valence-electron chi connectivity index (χ4n) is 3.34. The smallest absolute Gasteiger partial charge is 0.273 e. The first-order valence-electron chi connectivity index (χ1n) is 10.0. The summed E-state index contributed by atoms with van der Waals surface area (Å²) in [5.41, 5.74) is 5.53. The van der Waals surface area contributed by atoms with Crippen molar-refractivity contribution in [2.24, 2.45) is 10.2 Å². The average molecular weight is 449 g/mol. The van der Waals surface area contributed by atoms with E-state index < -0.39 is 0 Å². The topological polar surface area (TPSA) is 105 Å². The molecule has 5 rings (SSSR count). The van der Waals surface area contributed by atoms with Crippen LogP contribution in [0.25, 0.3) is 5.70 Å². The lowest BCUT2D eigenvalue weighted by Gasteiger charge is -2.23. The number of fused-ring (bicyclic) bond motifs is 1. The van der Waals surface area contributed by atoms with Crippen LogP contribution in [0.3, 0.4) is 0 Å². The number of hydrogen-bond donors (Lipinski definition) is 2. The number of hydrazone groups is 2. The van der Waals surface area contributed by atoms with E-state index in [2.05, 4.69) is 20.9 Å². The third kappa shape index (κ3) is 4.17. The van der Waals surface area contributed by atoms with Crippen LogP contribution in [-0.4, -0.2) is 35.9 Å². The average Bonchev–Trinajstić information content (AvgIpc) is 2.85. The highest BCUT2D eigenvalue weighted by molar-refractivity contribution is 8.16. The zero-order chi connectivity index (χ0) is 21.9. The fraction of sp³-hybridized carbons (Fsp3) is 0.182. The standard InChI is InChI=1S/C22H19N5O4S/c28-20-9-7-16(26-27(20)15-4-2-1-3-5-15)21(29)23-22-25-24-17(13-32-22)14-6-8-18-19(12-14)31-11-10-30-18/h1-6,8,12-13,24H,7,9-11H2,(H,23,25,29). The first-order valence-corrected chi connectivity index (χ1v) is 10.9. The van der Waals surface area contributed by atoms with Crippen LogP contribution in [0.2, 0.25) is 0 Å². The Bertz CT molecular complexity index is 1160. The number of ether oxygens (including phenoxy) is 2. The van der Waals surface area contributed by atoms with Crippen LogP contribution in [0.4, 0.5) is 5.69 Å². The van der Waals surface area contributed by atoms with Gasteiger partial charge in [0, 0.05) is 23.8 Å². The second-order valence-corrected chi connectivity index (χ2v) is 7.94. The van der Waals surface area contributed by atoms with Gasteiger partial charge in [0.25, 0.3) is 5.91 Å². The minimum absolute atomic E-state index is 0.147. The Morgan fingerprint density at radius 1 is 1.06 bits per heavy atom. The molecule has 0 unspecified atom stereocenters. The molecule has 0 spiro atoms. The highest BCUT2D eigenvalue weighted by atomic mass is 32.2. The van der Waals surface area contributed by atoms with Gasteiger partial charge in [-0.25, -0.2) is 5.01 Å². The Kier molecular flexibility index (Phi) is 5.51. The molecule has 32 heavy (non-hydrogen) atoms. The number of nitrogens with zero attached hydrogens (tertiary/aromatic N) is 3. The molecule has 10 heteroatoms. The molecule has 0 saturated heterocycles. The first kappa shape index (κ1) is 20.1. The summed E-state index contributed by atoms with van der Waals surface area (Å²) in [7, 11) is 0. The second-order valence-electron chi connectivity index (χ2n) is 7.08. The minimum atomic E-state index is -0.386. The number of carbonyl (C=O) groups is 2.